The maximum atomic E-state index is 11.0. The Hall–Kier alpha value is -1.58. The topological polar surface area (TPSA) is 53.4 Å². The third kappa shape index (κ3) is 3.73. The van der Waals surface area contributed by atoms with Crippen LogP contribution in [-0.4, -0.2) is 29.7 Å². The lowest BCUT2D eigenvalue weighted by Crippen LogP contribution is -2.25. The summed E-state index contributed by atoms with van der Waals surface area (Å²) in [6.45, 7) is 7.01. The Morgan fingerprint density at radius 1 is 1.53 bits per heavy atom. The van der Waals surface area contributed by atoms with Crippen LogP contribution in [0.2, 0.25) is 0 Å². The quantitative estimate of drug-likeness (QED) is 0.853. The molecule has 4 heteroatoms. The molecule has 1 atom stereocenters. The lowest BCUT2D eigenvalue weighted by Gasteiger charge is -2.22. The first-order chi connectivity index (χ1) is 7.93. The Bertz CT molecular complexity index is 404. The fourth-order valence-electron chi connectivity index (χ4n) is 1.66. The average Bonchev–Trinajstić information content (AvgIpc) is 2.27. The van der Waals surface area contributed by atoms with Gasteiger partial charge in [0.2, 0.25) is 0 Å². The zero-order valence-corrected chi connectivity index (χ0v) is 10.9. The van der Waals surface area contributed by atoms with Crippen LogP contribution >= 0.6 is 0 Å². The minimum absolute atomic E-state index is 0.295. The molecule has 1 heterocycles. The number of aromatic nitrogens is 1. The molecule has 0 amide bonds. The molecule has 0 aromatic carbocycles. The van der Waals surface area contributed by atoms with Crippen molar-refractivity contribution in [2.24, 2.45) is 5.92 Å². The fraction of sp³-hybridized carbons (Fsp3) is 0.538. The zero-order chi connectivity index (χ0) is 13.0. The third-order valence-corrected chi connectivity index (χ3v) is 2.86. The zero-order valence-electron chi connectivity index (χ0n) is 10.9. The number of carboxylic acids is 1. The second-order valence-electron chi connectivity index (χ2n) is 4.55. The van der Waals surface area contributed by atoms with E-state index in [4.69, 9.17) is 5.11 Å². The van der Waals surface area contributed by atoms with Crippen LogP contribution in [0, 0.1) is 12.8 Å². The predicted molar refractivity (Wildman–Crippen MR) is 68.7 cm³/mol. The van der Waals surface area contributed by atoms with Gasteiger partial charge in [-0.2, -0.15) is 0 Å². The van der Waals surface area contributed by atoms with Crippen LogP contribution in [0.4, 0.5) is 5.82 Å². The van der Waals surface area contributed by atoms with Gasteiger partial charge in [0.15, 0.2) is 0 Å². The second kappa shape index (κ2) is 5.66. The molecule has 1 aromatic heterocycles. The first kappa shape index (κ1) is 13.5. The number of carboxylic acid groups (broad SMARTS) is 1. The molecular weight excluding hydrogens is 216 g/mol. The van der Waals surface area contributed by atoms with E-state index in [1.807, 2.05) is 18.9 Å². The Kier molecular flexibility index (Phi) is 4.49. The van der Waals surface area contributed by atoms with Crippen LogP contribution < -0.4 is 4.90 Å². The van der Waals surface area contributed by atoms with E-state index in [0.717, 1.165) is 24.5 Å². The lowest BCUT2D eigenvalue weighted by atomic mass is 10.1. The van der Waals surface area contributed by atoms with E-state index in [1.54, 1.807) is 12.1 Å². The van der Waals surface area contributed by atoms with Crippen molar-refractivity contribution >= 4 is 11.8 Å². The Morgan fingerprint density at radius 2 is 2.18 bits per heavy atom. The molecule has 1 N–H and O–H groups in total. The predicted octanol–water partition coefficient (Wildman–Crippen LogP) is 2.57. The van der Waals surface area contributed by atoms with Crippen LogP contribution in [0.3, 0.4) is 0 Å². The van der Waals surface area contributed by atoms with E-state index in [2.05, 4.69) is 18.8 Å². The summed E-state index contributed by atoms with van der Waals surface area (Å²) in [4.78, 5) is 17.3. The largest absolute Gasteiger partial charge is 0.478 e. The van der Waals surface area contributed by atoms with Gasteiger partial charge in [0.25, 0.3) is 0 Å². The van der Waals surface area contributed by atoms with E-state index < -0.39 is 5.97 Å². The molecule has 0 radical (unpaired) electrons. The van der Waals surface area contributed by atoms with E-state index in [-0.39, 0.29) is 0 Å². The van der Waals surface area contributed by atoms with Crippen molar-refractivity contribution in [2.75, 3.05) is 18.5 Å². The van der Waals surface area contributed by atoms with Gasteiger partial charge in [-0.05, 0) is 25.0 Å². The van der Waals surface area contributed by atoms with Gasteiger partial charge in [0, 0.05) is 19.3 Å². The smallest absolute Gasteiger partial charge is 0.335 e. The highest BCUT2D eigenvalue weighted by Crippen LogP contribution is 2.16. The van der Waals surface area contributed by atoms with Crippen LogP contribution in [0.5, 0.6) is 0 Å². The molecule has 0 saturated carbocycles. The molecule has 1 rings (SSSR count). The summed E-state index contributed by atoms with van der Waals surface area (Å²) < 4.78 is 0. The van der Waals surface area contributed by atoms with Gasteiger partial charge in [-0.3, -0.25) is 0 Å². The van der Waals surface area contributed by atoms with Gasteiger partial charge in [-0.1, -0.05) is 20.3 Å². The Balaban J connectivity index is 2.93. The number of hydrogen-bond acceptors (Lipinski definition) is 3. The van der Waals surface area contributed by atoms with Crippen LogP contribution in [0.1, 0.15) is 36.3 Å². The van der Waals surface area contributed by atoms with Crippen molar-refractivity contribution in [1.82, 2.24) is 4.98 Å². The van der Waals surface area contributed by atoms with Gasteiger partial charge in [-0.15, -0.1) is 0 Å². The molecule has 0 aliphatic carbocycles. The number of aromatic carboxylic acids is 1. The SMILES string of the molecule is CCC(C)CN(C)c1cc(C(=O)O)cc(C)n1. The highest BCUT2D eigenvalue weighted by Gasteiger charge is 2.11. The monoisotopic (exact) mass is 236 g/mol. The summed E-state index contributed by atoms with van der Waals surface area (Å²) in [6.07, 6.45) is 1.10. The highest BCUT2D eigenvalue weighted by molar-refractivity contribution is 5.88. The summed E-state index contributed by atoms with van der Waals surface area (Å²) in [6, 6.07) is 3.21. The molecule has 0 aliphatic rings. The molecule has 4 nitrogen and oxygen atoms in total. The summed E-state index contributed by atoms with van der Waals surface area (Å²) in [5, 5.41) is 9.00. The fourth-order valence-corrected chi connectivity index (χ4v) is 1.66. The number of anilines is 1. The number of rotatable bonds is 5. The number of carbonyl (C=O) groups is 1. The molecule has 0 aliphatic heterocycles. The van der Waals surface area contributed by atoms with Crippen molar-refractivity contribution in [3.8, 4) is 0 Å². The van der Waals surface area contributed by atoms with Crippen LogP contribution in [0.15, 0.2) is 12.1 Å². The summed E-state index contributed by atoms with van der Waals surface area (Å²) in [7, 11) is 1.94. The molecule has 0 spiro atoms. The Morgan fingerprint density at radius 3 is 2.71 bits per heavy atom. The molecule has 0 saturated heterocycles. The van der Waals surface area contributed by atoms with Gasteiger partial charge in [-0.25, -0.2) is 9.78 Å². The lowest BCUT2D eigenvalue weighted by molar-refractivity contribution is 0.0696. The first-order valence-corrected chi connectivity index (χ1v) is 5.87. The van der Waals surface area contributed by atoms with Crippen molar-refractivity contribution in [2.45, 2.75) is 27.2 Å². The minimum atomic E-state index is -0.909. The van der Waals surface area contributed by atoms with Gasteiger partial charge in [0.1, 0.15) is 5.82 Å². The standard InChI is InChI=1S/C13H20N2O2/c1-5-9(2)8-15(4)12-7-11(13(16)17)6-10(3)14-12/h6-7,9H,5,8H2,1-4H3,(H,16,17). The molecule has 0 bridgehead atoms. The molecule has 1 aromatic rings. The van der Waals surface area contributed by atoms with E-state index in [1.165, 1.54) is 0 Å². The average molecular weight is 236 g/mol. The van der Waals surface area contributed by atoms with Crippen molar-refractivity contribution in [3.05, 3.63) is 23.4 Å². The summed E-state index contributed by atoms with van der Waals surface area (Å²) in [5.74, 6) is 0.381. The first-order valence-electron chi connectivity index (χ1n) is 5.87. The summed E-state index contributed by atoms with van der Waals surface area (Å²) in [5.41, 5.74) is 1.03. The van der Waals surface area contributed by atoms with Gasteiger partial charge in [0.05, 0.1) is 5.56 Å². The van der Waals surface area contributed by atoms with Crippen molar-refractivity contribution in [3.63, 3.8) is 0 Å². The number of pyridine rings is 1. The number of hydrogen-bond donors (Lipinski definition) is 1. The number of nitrogens with zero attached hydrogens (tertiary/aromatic N) is 2. The van der Waals surface area contributed by atoms with Crippen LogP contribution in [0.25, 0.3) is 0 Å². The van der Waals surface area contributed by atoms with Gasteiger partial charge < -0.3 is 10.0 Å². The summed E-state index contributed by atoms with van der Waals surface area (Å²) >= 11 is 0. The number of aryl methyl sites for hydroxylation is 1. The van der Waals surface area contributed by atoms with Crippen molar-refractivity contribution < 1.29 is 9.90 Å². The van der Waals surface area contributed by atoms with E-state index in [9.17, 15) is 4.79 Å². The van der Waals surface area contributed by atoms with Crippen LogP contribution in [-0.2, 0) is 0 Å². The molecule has 0 fully saturated rings. The molecule has 17 heavy (non-hydrogen) atoms. The maximum Gasteiger partial charge on any atom is 0.335 e. The van der Waals surface area contributed by atoms with Crippen molar-refractivity contribution in [1.29, 1.82) is 0 Å². The normalized spacial score (nSPS) is 12.2. The van der Waals surface area contributed by atoms with E-state index in [0.29, 0.717) is 11.5 Å². The molecule has 94 valence electrons. The highest BCUT2D eigenvalue weighted by atomic mass is 16.4. The van der Waals surface area contributed by atoms with Gasteiger partial charge >= 0.3 is 5.97 Å². The third-order valence-electron chi connectivity index (χ3n) is 2.86. The minimum Gasteiger partial charge on any atom is -0.478 e. The molecular formula is C13H20N2O2. The van der Waals surface area contributed by atoms with E-state index >= 15 is 0 Å². The molecule has 1 unspecified atom stereocenters. The second-order valence-corrected chi connectivity index (χ2v) is 4.55. The maximum absolute atomic E-state index is 11.0. The Labute approximate surface area is 102 Å².